The van der Waals surface area contributed by atoms with E-state index in [9.17, 15) is 20.2 Å². The van der Waals surface area contributed by atoms with Gasteiger partial charge in [-0.2, -0.15) is 0 Å². The van der Waals surface area contributed by atoms with Gasteiger partial charge in [0.1, 0.15) is 5.41 Å². The summed E-state index contributed by atoms with van der Waals surface area (Å²) >= 11 is 5.97. The van der Waals surface area contributed by atoms with Crippen LogP contribution in [0.2, 0.25) is 5.02 Å². The van der Waals surface area contributed by atoms with E-state index in [-0.39, 0.29) is 16.0 Å². The van der Waals surface area contributed by atoms with E-state index >= 15 is 0 Å². The predicted molar refractivity (Wildman–Crippen MR) is 88.8 cm³/mol. The Balaban J connectivity index is 1.83. The Bertz CT molecular complexity index is 714. The quantitative estimate of drug-likeness (QED) is 0.540. The number of nitrogens with one attached hydrogen (secondary N) is 2. The van der Waals surface area contributed by atoms with E-state index in [0.717, 1.165) is 15.4 Å². The zero-order valence-corrected chi connectivity index (χ0v) is 14.9. The molecule has 8 nitrogen and oxygen atoms in total. The van der Waals surface area contributed by atoms with Crippen molar-refractivity contribution >= 4 is 11.6 Å². The summed E-state index contributed by atoms with van der Waals surface area (Å²) in [5.74, 6) is 0. The monoisotopic (exact) mass is 368 g/mol. The minimum atomic E-state index is -1.27. The molecule has 0 aliphatic carbocycles. The van der Waals surface area contributed by atoms with Crippen LogP contribution in [0.5, 0.6) is 0 Å². The van der Waals surface area contributed by atoms with Gasteiger partial charge >= 0.3 is 11.1 Å². The van der Waals surface area contributed by atoms with Gasteiger partial charge in [-0.15, -0.1) is 0 Å². The second kappa shape index (κ2) is 4.90. The van der Waals surface area contributed by atoms with E-state index < -0.39 is 16.5 Å². The lowest BCUT2D eigenvalue weighted by molar-refractivity contribution is -1.20. The first-order valence-corrected chi connectivity index (χ1v) is 8.76. The van der Waals surface area contributed by atoms with Gasteiger partial charge in [-0.1, -0.05) is 11.6 Å². The van der Waals surface area contributed by atoms with Gasteiger partial charge in [0.25, 0.3) is 0 Å². The van der Waals surface area contributed by atoms with Gasteiger partial charge in [-0.25, -0.2) is 0 Å². The maximum Gasteiger partial charge on any atom is 0.329 e. The van der Waals surface area contributed by atoms with E-state index in [4.69, 9.17) is 11.6 Å². The predicted octanol–water partition coefficient (Wildman–Crippen LogP) is -0.794. The van der Waals surface area contributed by atoms with E-state index in [1.54, 1.807) is 26.0 Å². The lowest BCUT2D eigenvalue weighted by Crippen LogP contribution is -3.43. The summed E-state index contributed by atoms with van der Waals surface area (Å²) in [5, 5.41) is 24.8. The third kappa shape index (κ3) is 1.84. The Hall–Kier alpha value is -1.77. The number of hydrogen-bond donors (Lipinski definition) is 2. The molecule has 1 aromatic carbocycles. The summed E-state index contributed by atoms with van der Waals surface area (Å²) in [6.07, 6.45) is -0.0190. The summed E-state index contributed by atoms with van der Waals surface area (Å²) in [4.78, 5) is 25.5. The van der Waals surface area contributed by atoms with Gasteiger partial charge in [0, 0.05) is 14.9 Å². The highest BCUT2D eigenvalue weighted by Gasteiger charge is 2.87. The molecule has 2 N–H and O–H groups in total. The summed E-state index contributed by atoms with van der Waals surface area (Å²) in [5.41, 5.74) is -2.51. The van der Waals surface area contributed by atoms with Crippen molar-refractivity contribution < 1.29 is 19.6 Å². The topological polar surface area (TPSA) is 95.2 Å². The number of quaternary nitrogens is 2. The van der Waals surface area contributed by atoms with Crippen molar-refractivity contribution in [2.75, 3.05) is 26.2 Å². The van der Waals surface area contributed by atoms with Gasteiger partial charge in [0.05, 0.1) is 5.56 Å². The van der Waals surface area contributed by atoms with E-state index in [0.29, 0.717) is 31.2 Å². The summed E-state index contributed by atoms with van der Waals surface area (Å²) in [7, 11) is 0. The average Bonchev–Trinajstić information content (AvgIpc) is 2.52. The minimum absolute atomic E-state index is 0.0190. The Morgan fingerprint density at radius 3 is 1.72 bits per heavy atom. The van der Waals surface area contributed by atoms with Gasteiger partial charge in [-0.3, -0.25) is 30.0 Å². The maximum atomic E-state index is 12.1. The van der Waals surface area contributed by atoms with Crippen LogP contribution in [-0.4, -0.2) is 47.1 Å². The molecule has 0 aromatic heterocycles. The number of benzene rings is 1. The van der Waals surface area contributed by atoms with Crippen LogP contribution in [0.1, 0.15) is 25.6 Å². The van der Waals surface area contributed by atoms with Crippen LogP contribution < -0.4 is 9.80 Å². The highest BCUT2D eigenvalue weighted by molar-refractivity contribution is 6.30. The number of rotatable bonds is 3. The van der Waals surface area contributed by atoms with E-state index in [1.165, 1.54) is 0 Å². The fourth-order valence-corrected chi connectivity index (χ4v) is 5.73. The molecular weight excluding hydrogens is 348 g/mol. The molecular formula is C16H21ClN4O4+2. The second-order valence-corrected chi connectivity index (χ2v) is 8.65. The summed E-state index contributed by atoms with van der Waals surface area (Å²) in [6, 6.07) is 7.47. The van der Waals surface area contributed by atoms with Crippen LogP contribution in [0.3, 0.4) is 0 Å². The van der Waals surface area contributed by atoms with Crippen LogP contribution in [0.4, 0.5) is 0 Å². The van der Waals surface area contributed by atoms with E-state index in [1.807, 2.05) is 12.1 Å². The highest BCUT2D eigenvalue weighted by atomic mass is 35.5. The van der Waals surface area contributed by atoms with Crippen molar-refractivity contribution in [2.45, 2.75) is 31.1 Å². The van der Waals surface area contributed by atoms with Crippen molar-refractivity contribution in [3.63, 3.8) is 0 Å². The van der Waals surface area contributed by atoms with Gasteiger partial charge in [0.2, 0.25) is 6.17 Å². The molecule has 0 amide bonds. The molecule has 5 rings (SSSR count). The number of piperidine rings is 2. The lowest BCUT2D eigenvalue weighted by Gasteiger charge is -2.60. The molecule has 4 aliphatic rings. The molecule has 9 heteroatoms. The molecule has 1 aromatic rings. The zero-order chi connectivity index (χ0) is 18.2. The standard InChI is InChI=1S/C16H19ClN4O4/c1-14(2)15(20(22)23)7-18-9-16(14,21(24)25)10-19(8-15)13(18)11-3-5-12(17)6-4-11/h3-6,13H,7-10H2,1-2H3/p+2. The number of nitrogens with zero attached hydrogens (tertiary/aromatic N) is 2. The summed E-state index contributed by atoms with van der Waals surface area (Å²) < 4.78 is 0. The molecule has 4 fully saturated rings. The number of hydrogen-bond acceptors (Lipinski definition) is 4. The molecule has 134 valence electrons. The molecule has 4 heterocycles. The molecule has 4 bridgehead atoms. The molecule has 25 heavy (non-hydrogen) atoms. The first-order valence-electron chi connectivity index (χ1n) is 8.38. The van der Waals surface area contributed by atoms with Crippen molar-refractivity contribution in [2.24, 2.45) is 5.41 Å². The van der Waals surface area contributed by atoms with Crippen LogP contribution in [0.25, 0.3) is 0 Å². The summed E-state index contributed by atoms with van der Waals surface area (Å²) in [6.45, 7) is 4.71. The molecule has 0 unspecified atom stereocenters. The normalized spacial score (nSPS) is 40.8. The maximum absolute atomic E-state index is 12.1. The third-order valence-electron chi connectivity index (χ3n) is 7.12. The Morgan fingerprint density at radius 2 is 1.36 bits per heavy atom. The second-order valence-electron chi connectivity index (χ2n) is 8.21. The fraction of sp³-hybridized carbons (Fsp3) is 0.625. The van der Waals surface area contributed by atoms with Crippen molar-refractivity contribution in [1.82, 2.24) is 0 Å². The SMILES string of the molecule is CC1(C)C2([N+](=O)[O-])C[NH+]3CC1([N+](=O)[O-])C[NH+](C2)C3c1ccc(Cl)cc1. The largest absolute Gasteiger partial charge is 0.329 e. The highest BCUT2D eigenvalue weighted by Crippen LogP contribution is 2.48. The first kappa shape index (κ1) is 16.7. The van der Waals surface area contributed by atoms with Crippen LogP contribution in [-0.2, 0) is 0 Å². The Labute approximate surface area is 149 Å². The fourth-order valence-electron chi connectivity index (χ4n) is 5.61. The van der Waals surface area contributed by atoms with Gasteiger partial charge in [-0.05, 0) is 38.1 Å². The average molecular weight is 369 g/mol. The number of nitro groups is 2. The Morgan fingerprint density at radius 1 is 0.960 bits per heavy atom. The lowest BCUT2D eigenvalue weighted by atomic mass is 9.53. The zero-order valence-electron chi connectivity index (χ0n) is 14.1. The van der Waals surface area contributed by atoms with E-state index in [2.05, 4.69) is 0 Å². The van der Waals surface area contributed by atoms with Gasteiger partial charge < -0.3 is 0 Å². The molecule has 4 saturated heterocycles. The van der Waals surface area contributed by atoms with Crippen molar-refractivity contribution in [3.05, 3.63) is 55.1 Å². The van der Waals surface area contributed by atoms with Crippen LogP contribution in [0, 0.1) is 25.6 Å². The van der Waals surface area contributed by atoms with Gasteiger partial charge in [0.15, 0.2) is 26.2 Å². The molecule has 0 saturated carbocycles. The third-order valence-corrected chi connectivity index (χ3v) is 7.38. The minimum Gasteiger partial charge on any atom is -0.270 e. The van der Waals surface area contributed by atoms with Crippen LogP contribution >= 0.6 is 11.6 Å². The van der Waals surface area contributed by atoms with Crippen LogP contribution in [0.15, 0.2) is 24.3 Å². The Kier molecular flexibility index (Phi) is 3.27. The van der Waals surface area contributed by atoms with Crippen molar-refractivity contribution in [1.29, 1.82) is 0 Å². The molecule has 0 atom stereocenters. The molecule has 0 spiro atoms. The molecule has 4 aliphatic heterocycles. The first-order chi connectivity index (χ1) is 11.6. The van der Waals surface area contributed by atoms with Crippen molar-refractivity contribution in [3.8, 4) is 0 Å². The molecule has 0 radical (unpaired) electrons. The number of halogens is 1. The smallest absolute Gasteiger partial charge is 0.270 e.